The van der Waals surface area contributed by atoms with Crippen LogP contribution in [0.15, 0.2) is 79.1 Å². The van der Waals surface area contributed by atoms with Crippen molar-refractivity contribution in [3.05, 3.63) is 111 Å². The molecule has 0 unspecified atom stereocenters. The number of aromatic nitrogens is 2. The number of fused-ring (bicyclic) bond motifs is 1. The quantitative estimate of drug-likeness (QED) is 0.129. The lowest BCUT2D eigenvalue weighted by Crippen LogP contribution is -2.37. The first kappa shape index (κ1) is 34.9. The highest BCUT2D eigenvalue weighted by Gasteiger charge is 2.31. The Morgan fingerprint density at radius 1 is 0.854 bits per heavy atom. The lowest BCUT2D eigenvalue weighted by molar-refractivity contribution is 0.0777. The van der Waals surface area contributed by atoms with E-state index < -0.39 is 33.2 Å². The fourth-order valence-electron chi connectivity index (χ4n) is 4.72. The van der Waals surface area contributed by atoms with Crippen LogP contribution in [0.25, 0.3) is 10.1 Å². The maximum Gasteiger partial charge on any atom is 0.292 e. The zero-order valence-corrected chi connectivity index (χ0v) is 29.5. The maximum atomic E-state index is 14.0. The topological polar surface area (TPSA) is 139 Å². The highest BCUT2D eigenvalue weighted by Crippen LogP contribution is 2.37. The molecule has 3 aromatic heterocycles. The number of hydroxylamine groups is 1. The Labute approximate surface area is 291 Å². The van der Waals surface area contributed by atoms with Crippen molar-refractivity contribution in [2.24, 2.45) is 0 Å². The molecule has 0 saturated heterocycles. The van der Waals surface area contributed by atoms with Crippen LogP contribution in [-0.4, -0.2) is 49.5 Å². The maximum absolute atomic E-state index is 14.0. The first-order chi connectivity index (χ1) is 22.6. The summed E-state index contributed by atoms with van der Waals surface area (Å²) in [6.07, 6.45) is 3.46. The number of anilines is 3. The second-order valence-electron chi connectivity index (χ2n) is 11.6. The molecule has 0 atom stereocenters. The molecule has 48 heavy (non-hydrogen) atoms. The highest BCUT2D eigenvalue weighted by molar-refractivity contribution is 7.92. The average Bonchev–Trinajstić information content (AvgIpc) is 3.46. The minimum Gasteiger partial charge on any atom is -0.321 e. The van der Waals surface area contributed by atoms with E-state index in [9.17, 15) is 22.8 Å². The molecule has 1 N–H and O–H groups in total. The van der Waals surface area contributed by atoms with Gasteiger partial charge in [0, 0.05) is 12.4 Å². The lowest BCUT2D eigenvalue weighted by Gasteiger charge is -2.28. The molecule has 15 heteroatoms. The van der Waals surface area contributed by atoms with Gasteiger partial charge in [0.25, 0.3) is 17.7 Å². The zero-order valence-electron chi connectivity index (χ0n) is 26.3. The van der Waals surface area contributed by atoms with E-state index >= 15 is 0 Å². The van der Waals surface area contributed by atoms with Gasteiger partial charge in [0.05, 0.1) is 51.1 Å². The van der Waals surface area contributed by atoms with E-state index in [0.29, 0.717) is 31.2 Å². The predicted octanol–water partition coefficient (Wildman–Crippen LogP) is 7.36. The number of nitrogens with one attached hydrogen (secondary N) is 1. The number of rotatable bonds is 8. The number of hydrogen-bond acceptors (Lipinski definition) is 9. The van der Waals surface area contributed by atoms with Crippen LogP contribution >= 0.6 is 34.5 Å². The van der Waals surface area contributed by atoms with Crippen molar-refractivity contribution >= 4 is 89.4 Å². The number of sulfonamides is 1. The molecule has 0 aliphatic carbocycles. The normalized spacial score (nSPS) is 11.7. The molecule has 3 heterocycles. The summed E-state index contributed by atoms with van der Waals surface area (Å²) in [7, 11) is -2.87. The molecule has 0 aliphatic rings. The monoisotopic (exact) mass is 725 g/mol. The SMILES string of the molecule is CON(C(=O)c1cc2cccc(NC(=O)c3ccc(Cl)nc3)c2s1)c1cc(N(C(=O)c2ccc(Cl)nc2)S(C)(=O)=O)cc(C(C)(C)C)c1. The van der Waals surface area contributed by atoms with Crippen molar-refractivity contribution in [3.63, 3.8) is 0 Å². The summed E-state index contributed by atoms with van der Waals surface area (Å²) in [5.41, 5.74) is 1.04. The molecule has 248 valence electrons. The highest BCUT2D eigenvalue weighted by atomic mass is 35.5. The van der Waals surface area contributed by atoms with Gasteiger partial charge in [-0.2, -0.15) is 5.06 Å². The van der Waals surface area contributed by atoms with Crippen molar-refractivity contribution in [2.45, 2.75) is 26.2 Å². The number of nitrogens with zero attached hydrogens (tertiary/aromatic N) is 4. The summed E-state index contributed by atoms with van der Waals surface area (Å²) in [5.74, 6) is -1.83. The van der Waals surface area contributed by atoms with Crippen LogP contribution in [0.4, 0.5) is 17.1 Å². The van der Waals surface area contributed by atoms with Gasteiger partial charge in [0.1, 0.15) is 10.3 Å². The lowest BCUT2D eigenvalue weighted by atomic mass is 9.86. The Hall–Kier alpha value is -4.40. The number of carbonyl (C=O) groups excluding carboxylic acids is 3. The molecule has 5 aromatic rings. The summed E-state index contributed by atoms with van der Waals surface area (Å²) in [6, 6.07) is 17.4. The van der Waals surface area contributed by atoms with Gasteiger partial charge in [-0.15, -0.1) is 11.3 Å². The molecule has 0 spiro atoms. The Morgan fingerprint density at radius 3 is 2.04 bits per heavy atom. The van der Waals surface area contributed by atoms with E-state index in [1.165, 1.54) is 43.8 Å². The molecular formula is C33H29Cl2N5O6S2. The van der Waals surface area contributed by atoms with Gasteiger partial charge in [-0.25, -0.2) is 22.7 Å². The van der Waals surface area contributed by atoms with Gasteiger partial charge in [-0.05, 0) is 71.0 Å². The van der Waals surface area contributed by atoms with Crippen LogP contribution in [0.5, 0.6) is 0 Å². The molecule has 2 aromatic carbocycles. The molecule has 0 fully saturated rings. The Morgan fingerprint density at radius 2 is 1.48 bits per heavy atom. The van der Waals surface area contributed by atoms with Gasteiger partial charge in [-0.1, -0.05) is 56.1 Å². The smallest absolute Gasteiger partial charge is 0.292 e. The standard InChI is InChI=1S/C33H29Cl2N5O6S2/c1-33(2,3)22-14-23(16-24(15-22)40(48(5,44)45)31(42)21-10-12-28(35)37-18-21)39(46-4)32(43)26-13-19-7-6-8-25(29(19)47-26)38-30(41)20-9-11-27(34)36-17-20/h6-18H,1-5H3,(H,38,41). The van der Waals surface area contributed by atoms with Crippen molar-refractivity contribution in [1.82, 2.24) is 9.97 Å². The number of thiophene rings is 1. The molecule has 0 aliphatic heterocycles. The zero-order chi connectivity index (χ0) is 35.0. The van der Waals surface area contributed by atoms with Gasteiger partial charge < -0.3 is 5.32 Å². The average molecular weight is 727 g/mol. The minimum absolute atomic E-state index is 0.00671. The van der Waals surface area contributed by atoms with E-state index in [0.717, 1.165) is 22.7 Å². The van der Waals surface area contributed by atoms with Crippen LogP contribution in [0.3, 0.4) is 0 Å². The van der Waals surface area contributed by atoms with Crippen LogP contribution in [0.1, 0.15) is 56.7 Å². The van der Waals surface area contributed by atoms with E-state index in [-0.39, 0.29) is 32.1 Å². The van der Waals surface area contributed by atoms with Crippen LogP contribution < -0.4 is 14.7 Å². The third-order valence-corrected chi connectivity index (χ3v) is 9.75. The van der Waals surface area contributed by atoms with Crippen LogP contribution in [-0.2, 0) is 20.3 Å². The number of pyridine rings is 2. The first-order valence-corrected chi connectivity index (χ1v) is 17.6. The Bertz CT molecular complexity index is 2150. The van der Waals surface area contributed by atoms with Crippen molar-refractivity contribution in [2.75, 3.05) is 28.1 Å². The fraction of sp³-hybridized carbons (Fsp3) is 0.182. The van der Waals surface area contributed by atoms with E-state index in [2.05, 4.69) is 15.3 Å². The van der Waals surface area contributed by atoms with Gasteiger partial charge in [-0.3, -0.25) is 19.2 Å². The van der Waals surface area contributed by atoms with Gasteiger partial charge >= 0.3 is 0 Å². The molecule has 0 saturated carbocycles. The van der Waals surface area contributed by atoms with E-state index in [1.807, 2.05) is 20.8 Å². The minimum atomic E-state index is -4.18. The predicted molar refractivity (Wildman–Crippen MR) is 189 cm³/mol. The van der Waals surface area contributed by atoms with Gasteiger partial charge in [0.15, 0.2) is 0 Å². The second kappa shape index (κ2) is 13.6. The Balaban J connectivity index is 1.55. The van der Waals surface area contributed by atoms with Crippen LogP contribution in [0.2, 0.25) is 10.3 Å². The molecule has 0 bridgehead atoms. The van der Waals surface area contributed by atoms with Crippen molar-refractivity contribution in [3.8, 4) is 0 Å². The summed E-state index contributed by atoms with van der Waals surface area (Å²) < 4.78 is 27.5. The molecule has 3 amide bonds. The summed E-state index contributed by atoms with van der Waals surface area (Å²) in [5, 5.41) is 4.97. The van der Waals surface area contributed by atoms with E-state index in [1.54, 1.807) is 42.5 Å². The number of amides is 3. The third kappa shape index (κ3) is 7.50. The second-order valence-corrected chi connectivity index (χ2v) is 15.3. The fourth-order valence-corrected chi connectivity index (χ4v) is 6.89. The number of carbonyl (C=O) groups is 3. The van der Waals surface area contributed by atoms with Crippen LogP contribution in [0, 0.1) is 0 Å². The summed E-state index contributed by atoms with van der Waals surface area (Å²) >= 11 is 12.9. The largest absolute Gasteiger partial charge is 0.321 e. The Kier molecular flexibility index (Phi) is 9.90. The molecular weight excluding hydrogens is 697 g/mol. The first-order valence-electron chi connectivity index (χ1n) is 14.2. The molecule has 5 rings (SSSR count). The van der Waals surface area contributed by atoms with Crippen molar-refractivity contribution < 1.29 is 27.6 Å². The summed E-state index contributed by atoms with van der Waals surface area (Å²) in [6.45, 7) is 5.73. The number of hydrogen-bond donors (Lipinski definition) is 1. The third-order valence-electron chi connectivity index (χ3n) is 7.09. The molecule has 11 nitrogen and oxygen atoms in total. The van der Waals surface area contributed by atoms with E-state index in [4.69, 9.17) is 28.0 Å². The summed E-state index contributed by atoms with van der Waals surface area (Å²) in [4.78, 5) is 54.3. The molecule has 0 radical (unpaired) electrons. The van der Waals surface area contributed by atoms with Crippen molar-refractivity contribution in [1.29, 1.82) is 0 Å². The van der Waals surface area contributed by atoms with Gasteiger partial charge in [0.2, 0.25) is 10.0 Å². The number of benzene rings is 2. The number of halogens is 2.